The molecular formula is C16H16F3N3O4. The van der Waals surface area contributed by atoms with Crippen molar-refractivity contribution in [2.24, 2.45) is 0 Å². The Labute approximate surface area is 146 Å². The first-order chi connectivity index (χ1) is 12.3. The van der Waals surface area contributed by atoms with Crippen LogP contribution in [0.2, 0.25) is 0 Å². The van der Waals surface area contributed by atoms with E-state index in [0.717, 1.165) is 16.8 Å². The number of benzene rings is 1. The first kappa shape index (κ1) is 19.4. The summed E-state index contributed by atoms with van der Waals surface area (Å²) in [4.78, 5) is 23.7. The van der Waals surface area contributed by atoms with Crippen molar-refractivity contribution in [1.82, 2.24) is 15.1 Å². The first-order valence-corrected chi connectivity index (χ1v) is 7.48. The average Bonchev–Trinajstić information content (AvgIpc) is 2.59. The SMILES string of the molecule is COCCn1nc(C(=O)NCc2ccc(OC(F)(F)F)cc2)ccc1=O. The zero-order valence-corrected chi connectivity index (χ0v) is 13.7. The Morgan fingerprint density at radius 3 is 2.50 bits per heavy atom. The summed E-state index contributed by atoms with van der Waals surface area (Å²) in [6.07, 6.45) is -4.76. The highest BCUT2D eigenvalue weighted by atomic mass is 19.4. The normalized spacial score (nSPS) is 11.2. The first-order valence-electron chi connectivity index (χ1n) is 7.48. The fraction of sp³-hybridized carbons (Fsp3) is 0.312. The molecule has 0 saturated carbocycles. The Hall–Kier alpha value is -2.88. The maximum absolute atomic E-state index is 12.1. The Bertz CT molecular complexity index is 804. The van der Waals surface area contributed by atoms with Gasteiger partial charge in [-0.05, 0) is 23.8 Å². The van der Waals surface area contributed by atoms with E-state index in [2.05, 4.69) is 15.2 Å². The molecule has 0 aliphatic carbocycles. The highest BCUT2D eigenvalue weighted by Gasteiger charge is 2.30. The van der Waals surface area contributed by atoms with Gasteiger partial charge in [-0.15, -0.1) is 13.2 Å². The molecule has 0 radical (unpaired) electrons. The molecular weight excluding hydrogens is 355 g/mol. The molecule has 2 rings (SSSR count). The van der Waals surface area contributed by atoms with Crippen LogP contribution in [0.15, 0.2) is 41.2 Å². The van der Waals surface area contributed by atoms with Gasteiger partial charge >= 0.3 is 6.36 Å². The summed E-state index contributed by atoms with van der Waals surface area (Å²) in [6.45, 7) is 0.547. The number of rotatable bonds is 7. The molecule has 2 aromatic rings. The Kier molecular flexibility index (Phi) is 6.34. The van der Waals surface area contributed by atoms with Crippen molar-refractivity contribution in [3.63, 3.8) is 0 Å². The lowest BCUT2D eigenvalue weighted by Gasteiger charge is -2.10. The van der Waals surface area contributed by atoms with Crippen molar-refractivity contribution in [3.8, 4) is 5.75 Å². The van der Waals surface area contributed by atoms with E-state index in [-0.39, 0.29) is 36.7 Å². The van der Waals surface area contributed by atoms with Crippen LogP contribution in [-0.2, 0) is 17.8 Å². The third-order valence-corrected chi connectivity index (χ3v) is 3.22. The zero-order chi connectivity index (χ0) is 19.2. The third kappa shape index (κ3) is 5.88. The Balaban J connectivity index is 1.97. The van der Waals surface area contributed by atoms with E-state index in [9.17, 15) is 22.8 Å². The molecule has 1 heterocycles. The van der Waals surface area contributed by atoms with Gasteiger partial charge in [-0.3, -0.25) is 9.59 Å². The number of methoxy groups -OCH3 is 1. The second-order valence-electron chi connectivity index (χ2n) is 5.15. The number of ether oxygens (including phenoxy) is 2. The average molecular weight is 371 g/mol. The summed E-state index contributed by atoms with van der Waals surface area (Å²) in [5, 5.41) is 6.52. The molecule has 26 heavy (non-hydrogen) atoms. The van der Waals surface area contributed by atoms with E-state index in [1.807, 2.05) is 0 Å². The fourth-order valence-electron chi connectivity index (χ4n) is 1.99. The summed E-state index contributed by atoms with van der Waals surface area (Å²) < 4.78 is 46.1. The van der Waals surface area contributed by atoms with Crippen LogP contribution in [0.1, 0.15) is 16.1 Å². The van der Waals surface area contributed by atoms with Gasteiger partial charge in [0.1, 0.15) is 11.4 Å². The Morgan fingerprint density at radius 2 is 1.88 bits per heavy atom. The monoisotopic (exact) mass is 371 g/mol. The minimum absolute atomic E-state index is 0.0396. The molecule has 1 N–H and O–H groups in total. The van der Waals surface area contributed by atoms with Crippen molar-refractivity contribution in [2.75, 3.05) is 13.7 Å². The van der Waals surface area contributed by atoms with Crippen molar-refractivity contribution < 1.29 is 27.4 Å². The van der Waals surface area contributed by atoms with Crippen LogP contribution in [0.4, 0.5) is 13.2 Å². The lowest BCUT2D eigenvalue weighted by Crippen LogP contribution is -2.30. The lowest BCUT2D eigenvalue weighted by molar-refractivity contribution is -0.274. The molecule has 0 spiro atoms. The van der Waals surface area contributed by atoms with Crippen LogP contribution in [0.5, 0.6) is 5.75 Å². The highest BCUT2D eigenvalue weighted by Crippen LogP contribution is 2.22. The molecule has 1 amide bonds. The number of carbonyl (C=O) groups excluding carboxylic acids is 1. The molecule has 1 aromatic heterocycles. The molecule has 0 aliphatic heterocycles. The molecule has 0 bridgehead atoms. The number of nitrogens with zero attached hydrogens (tertiary/aromatic N) is 2. The van der Waals surface area contributed by atoms with E-state index >= 15 is 0 Å². The molecule has 0 unspecified atom stereocenters. The zero-order valence-electron chi connectivity index (χ0n) is 13.7. The molecule has 7 nitrogen and oxygen atoms in total. The van der Waals surface area contributed by atoms with Crippen LogP contribution in [0.25, 0.3) is 0 Å². The number of carbonyl (C=O) groups is 1. The van der Waals surface area contributed by atoms with E-state index in [1.54, 1.807) is 0 Å². The van der Waals surface area contributed by atoms with E-state index in [1.165, 1.54) is 31.4 Å². The molecule has 1 aromatic carbocycles. The van der Waals surface area contributed by atoms with Crippen LogP contribution in [0, 0.1) is 0 Å². The van der Waals surface area contributed by atoms with Crippen molar-refractivity contribution in [3.05, 3.63) is 58.0 Å². The van der Waals surface area contributed by atoms with Crippen LogP contribution in [-0.4, -0.2) is 35.8 Å². The summed E-state index contributed by atoms with van der Waals surface area (Å²) in [7, 11) is 1.48. The highest BCUT2D eigenvalue weighted by molar-refractivity contribution is 5.91. The summed E-state index contributed by atoms with van der Waals surface area (Å²) >= 11 is 0. The van der Waals surface area contributed by atoms with Gasteiger partial charge in [0.2, 0.25) is 0 Å². The van der Waals surface area contributed by atoms with Crippen LogP contribution >= 0.6 is 0 Å². The van der Waals surface area contributed by atoms with E-state index in [0.29, 0.717) is 5.56 Å². The van der Waals surface area contributed by atoms with Gasteiger partial charge in [0, 0.05) is 19.7 Å². The molecule has 140 valence electrons. The minimum Gasteiger partial charge on any atom is -0.406 e. The molecule has 0 aliphatic rings. The minimum atomic E-state index is -4.76. The maximum Gasteiger partial charge on any atom is 0.573 e. The van der Waals surface area contributed by atoms with Crippen molar-refractivity contribution >= 4 is 5.91 Å². The second-order valence-corrected chi connectivity index (χ2v) is 5.15. The fourth-order valence-corrected chi connectivity index (χ4v) is 1.99. The van der Waals surface area contributed by atoms with Gasteiger partial charge in [-0.25, -0.2) is 4.68 Å². The number of hydrogen-bond acceptors (Lipinski definition) is 5. The molecule has 0 saturated heterocycles. The van der Waals surface area contributed by atoms with Gasteiger partial charge in [-0.1, -0.05) is 12.1 Å². The third-order valence-electron chi connectivity index (χ3n) is 3.22. The van der Waals surface area contributed by atoms with E-state index < -0.39 is 12.3 Å². The van der Waals surface area contributed by atoms with Gasteiger partial charge in [0.25, 0.3) is 11.5 Å². The topological polar surface area (TPSA) is 82.5 Å². The molecule has 0 atom stereocenters. The quantitative estimate of drug-likeness (QED) is 0.801. The van der Waals surface area contributed by atoms with Crippen LogP contribution in [0.3, 0.4) is 0 Å². The maximum atomic E-state index is 12.1. The number of aromatic nitrogens is 2. The lowest BCUT2D eigenvalue weighted by atomic mass is 10.2. The second kappa shape index (κ2) is 8.48. The van der Waals surface area contributed by atoms with Gasteiger partial charge < -0.3 is 14.8 Å². The molecule has 10 heteroatoms. The van der Waals surface area contributed by atoms with Crippen molar-refractivity contribution in [2.45, 2.75) is 19.5 Å². The number of hydrogen-bond donors (Lipinski definition) is 1. The number of amides is 1. The van der Waals surface area contributed by atoms with Crippen molar-refractivity contribution in [1.29, 1.82) is 0 Å². The number of nitrogens with one attached hydrogen (secondary N) is 1. The smallest absolute Gasteiger partial charge is 0.406 e. The number of halogens is 3. The molecule has 0 fully saturated rings. The number of alkyl halides is 3. The predicted octanol–water partition coefficient (Wildman–Crippen LogP) is 1.72. The van der Waals surface area contributed by atoms with Gasteiger partial charge in [0.05, 0.1) is 13.2 Å². The van der Waals surface area contributed by atoms with Gasteiger partial charge in [0.15, 0.2) is 0 Å². The van der Waals surface area contributed by atoms with E-state index in [4.69, 9.17) is 4.74 Å². The van der Waals surface area contributed by atoms with Gasteiger partial charge in [-0.2, -0.15) is 5.10 Å². The van der Waals surface area contributed by atoms with Crippen LogP contribution < -0.4 is 15.6 Å². The summed E-state index contributed by atoms with van der Waals surface area (Å²) in [5.74, 6) is -0.869. The summed E-state index contributed by atoms with van der Waals surface area (Å²) in [5.41, 5.74) is 0.247. The Morgan fingerprint density at radius 1 is 1.19 bits per heavy atom. The largest absolute Gasteiger partial charge is 0.573 e. The predicted molar refractivity (Wildman–Crippen MR) is 84.7 cm³/mol. The standard InChI is InChI=1S/C16H16F3N3O4/c1-25-9-8-22-14(23)7-6-13(21-22)15(24)20-10-11-2-4-12(5-3-11)26-16(17,18)19/h2-7H,8-10H2,1H3,(H,20,24). The summed E-state index contributed by atoms with van der Waals surface area (Å²) in [6, 6.07) is 7.61.